The molecule has 0 unspecified atom stereocenters. The van der Waals surface area contributed by atoms with Gasteiger partial charge in [0.2, 0.25) is 5.91 Å². The van der Waals surface area contributed by atoms with E-state index in [2.05, 4.69) is 37.9 Å². The largest absolute Gasteiger partial charge is 0.340 e. The quantitative estimate of drug-likeness (QED) is 0.836. The van der Waals surface area contributed by atoms with Gasteiger partial charge in [0.25, 0.3) is 0 Å². The predicted molar refractivity (Wildman–Crippen MR) is 84.8 cm³/mol. The lowest BCUT2D eigenvalue weighted by Gasteiger charge is -2.54. The van der Waals surface area contributed by atoms with E-state index in [1.807, 2.05) is 4.90 Å². The summed E-state index contributed by atoms with van der Waals surface area (Å²) in [4.78, 5) is 16.6. The topological polar surface area (TPSA) is 35.6 Å². The van der Waals surface area contributed by atoms with E-state index in [4.69, 9.17) is 0 Å². The standard InChI is InChI=1S/C16H31N3O.H2/c1-13(2)10-18-7-5-16(6-8-18)11-19(12-16)15(20)9-17-14(3)4;/h13-14,17H,5-12H2,1-4H3;1H. The summed E-state index contributed by atoms with van der Waals surface area (Å²) in [5.41, 5.74) is 0.445. The second-order valence-corrected chi connectivity index (χ2v) is 7.48. The highest BCUT2D eigenvalue weighted by Crippen LogP contribution is 2.40. The highest BCUT2D eigenvalue weighted by molar-refractivity contribution is 5.79. The molecule has 0 bridgehead atoms. The van der Waals surface area contributed by atoms with Crippen LogP contribution in [0.3, 0.4) is 0 Å². The highest BCUT2D eigenvalue weighted by Gasteiger charge is 2.46. The maximum Gasteiger partial charge on any atom is 0.236 e. The fraction of sp³-hybridized carbons (Fsp3) is 0.938. The zero-order valence-electron chi connectivity index (χ0n) is 13.6. The average Bonchev–Trinajstić information content (AvgIpc) is 2.33. The van der Waals surface area contributed by atoms with E-state index in [0.29, 0.717) is 18.0 Å². The van der Waals surface area contributed by atoms with Crippen molar-refractivity contribution in [1.82, 2.24) is 15.1 Å². The monoisotopic (exact) mass is 283 g/mol. The maximum absolute atomic E-state index is 12.0. The van der Waals surface area contributed by atoms with E-state index >= 15 is 0 Å². The van der Waals surface area contributed by atoms with Crippen molar-refractivity contribution >= 4 is 5.91 Å². The van der Waals surface area contributed by atoms with Crippen molar-refractivity contribution in [1.29, 1.82) is 0 Å². The Hall–Kier alpha value is -0.610. The average molecular weight is 283 g/mol. The summed E-state index contributed by atoms with van der Waals surface area (Å²) in [7, 11) is 0. The highest BCUT2D eigenvalue weighted by atomic mass is 16.2. The Morgan fingerprint density at radius 1 is 1.20 bits per heavy atom. The van der Waals surface area contributed by atoms with Crippen molar-refractivity contribution < 1.29 is 6.22 Å². The van der Waals surface area contributed by atoms with Crippen LogP contribution < -0.4 is 5.32 Å². The summed E-state index contributed by atoms with van der Waals surface area (Å²) in [5, 5.41) is 3.21. The Morgan fingerprint density at radius 3 is 2.30 bits per heavy atom. The number of carbonyl (C=O) groups excluding carboxylic acids is 1. The van der Waals surface area contributed by atoms with E-state index in [1.54, 1.807) is 0 Å². The fourth-order valence-corrected chi connectivity index (χ4v) is 3.39. The SMILES string of the molecule is CC(C)CN1CCC2(CC1)CN(C(=O)CNC(C)C)C2.[HH]. The Morgan fingerprint density at radius 2 is 1.80 bits per heavy atom. The second kappa shape index (κ2) is 6.44. The summed E-state index contributed by atoms with van der Waals surface area (Å²) < 4.78 is 0. The van der Waals surface area contributed by atoms with E-state index in [0.717, 1.165) is 19.0 Å². The number of rotatable bonds is 5. The van der Waals surface area contributed by atoms with E-state index in [1.165, 1.54) is 32.5 Å². The van der Waals surface area contributed by atoms with E-state index in [-0.39, 0.29) is 7.33 Å². The van der Waals surface area contributed by atoms with Crippen molar-refractivity contribution in [2.75, 3.05) is 39.3 Å². The minimum atomic E-state index is 0. The van der Waals surface area contributed by atoms with Gasteiger partial charge in [0, 0.05) is 32.5 Å². The first-order valence-electron chi connectivity index (χ1n) is 8.14. The first kappa shape index (κ1) is 15.8. The summed E-state index contributed by atoms with van der Waals surface area (Å²) >= 11 is 0. The van der Waals surface area contributed by atoms with Gasteiger partial charge in [-0.3, -0.25) is 4.79 Å². The summed E-state index contributed by atoms with van der Waals surface area (Å²) in [6.07, 6.45) is 2.53. The van der Waals surface area contributed by atoms with Crippen molar-refractivity contribution in [3.63, 3.8) is 0 Å². The van der Waals surface area contributed by atoms with E-state index < -0.39 is 0 Å². The van der Waals surface area contributed by atoms with Crippen LogP contribution in [-0.2, 0) is 4.79 Å². The van der Waals surface area contributed by atoms with Gasteiger partial charge in [0.15, 0.2) is 0 Å². The molecular formula is C16H33N3O. The van der Waals surface area contributed by atoms with Gasteiger partial charge in [0.05, 0.1) is 6.54 Å². The lowest BCUT2D eigenvalue weighted by Crippen LogP contribution is -2.63. The molecule has 2 heterocycles. The number of hydrogen-bond donors (Lipinski definition) is 1. The third-order valence-electron chi connectivity index (χ3n) is 4.61. The molecular weight excluding hydrogens is 250 g/mol. The molecule has 1 amide bonds. The summed E-state index contributed by atoms with van der Waals surface area (Å²) in [5.74, 6) is 1.03. The smallest absolute Gasteiger partial charge is 0.236 e. The van der Waals surface area contributed by atoms with Gasteiger partial charge in [-0.25, -0.2) is 0 Å². The van der Waals surface area contributed by atoms with Crippen molar-refractivity contribution in [3.05, 3.63) is 0 Å². The minimum Gasteiger partial charge on any atom is -0.340 e. The van der Waals surface area contributed by atoms with Crippen LogP contribution in [0.25, 0.3) is 0 Å². The Bertz CT molecular complexity index is 330. The second-order valence-electron chi connectivity index (χ2n) is 7.48. The molecule has 118 valence electrons. The summed E-state index contributed by atoms with van der Waals surface area (Å²) in [6.45, 7) is 14.8. The molecule has 2 aliphatic rings. The van der Waals surface area contributed by atoms with Crippen LogP contribution in [0.2, 0.25) is 0 Å². The molecule has 1 spiro atoms. The summed E-state index contributed by atoms with van der Waals surface area (Å²) in [6, 6.07) is 0.383. The van der Waals surface area contributed by atoms with Gasteiger partial charge >= 0.3 is 0 Å². The van der Waals surface area contributed by atoms with Crippen LogP contribution in [0.4, 0.5) is 0 Å². The zero-order valence-corrected chi connectivity index (χ0v) is 13.6. The molecule has 2 rings (SSSR count). The number of nitrogens with zero attached hydrogens (tertiary/aromatic N) is 2. The van der Waals surface area contributed by atoms with Crippen molar-refractivity contribution in [3.8, 4) is 0 Å². The predicted octanol–water partition coefficient (Wildman–Crippen LogP) is 1.81. The van der Waals surface area contributed by atoms with E-state index in [9.17, 15) is 4.79 Å². The van der Waals surface area contributed by atoms with Crippen LogP contribution in [0, 0.1) is 11.3 Å². The van der Waals surface area contributed by atoms with Gasteiger partial charge in [-0.15, -0.1) is 0 Å². The molecule has 0 atom stereocenters. The van der Waals surface area contributed by atoms with Crippen LogP contribution in [-0.4, -0.2) is 61.0 Å². The van der Waals surface area contributed by atoms with Crippen LogP contribution in [0.5, 0.6) is 0 Å². The molecule has 0 radical (unpaired) electrons. The number of hydrogen-bond acceptors (Lipinski definition) is 3. The molecule has 20 heavy (non-hydrogen) atoms. The molecule has 2 fully saturated rings. The lowest BCUT2D eigenvalue weighted by atomic mass is 9.72. The molecule has 0 aromatic carbocycles. The number of carbonyl (C=O) groups is 1. The third-order valence-corrected chi connectivity index (χ3v) is 4.61. The normalized spacial score (nSPS) is 22.6. The van der Waals surface area contributed by atoms with Gasteiger partial charge in [-0.05, 0) is 31.8 Å². The van der Waals surface area contributed by atoms with Gasteiger partial charge in [0.1, 0.15) is 0 Å². The number of piperidine rings is 1. The first-order valence-corrected chi connectivity index (χ1v) is 8.14. The van der Waals surface area contributed by atoms with Gasteiger partial charge in [-0.2, -0.15) is 0 Å². The molecule has 0 aromatic heterocycles. The zero-order chi connectivity index (χ0) is 14.8. The molecule has 0 aliphatic carbocycles. The fourth-order valence-electron chi connectivity index (χ4n) is 3.39. The number of amides is 1. The molecule has 0 aromatic rings. The molecule has 2 aliphatic heterocycles. The minimum absolute atomic E-state index is 0. The molecule has 1 N–H and O–H groups in total. The lowest BCUT2D eigenvalue weighted by molar-refractivity contribution is -0.145. The van der Waals surface area contributed by atoms with Crippen LogP contribution >= 0.6 is 0 Å². The van der Waals surface area contributed by atoms with Crippen LogP contribution in [0.1, 0.15) is 42.0 Å². The van der Waals surface area contributed by atoms with Crippen molar-refractivity contribution in [2.24, 2.45) is 11.3 Å². The Kier molecular flexibility index (Phi) is 5.08. The third kappa shape index (κ3) is 3.95. The Balaban J connectivity index is 0.00000220. The van der Waals surface area contributed by atoms with Gasteiger partial charge < -0.3 is 15.1 Å². The molecule has 4 heteroatoms. The maximum atomic E-state index is 12.0. The molecule has 2 saturated heterocycles. The number of likely N-dealkylation sites (tertiary alicyclic amines) is 2. The van der Waals surface area contributed by atoms with Crippen LogP contribution in [0.15, 0.2) is 0 Å². The molecule has 0 saturated carbocycles. The Labute approximate surface area is 125 Å². The van der Waals surface area contributed by atoms with Gasteiger partial charge in [-0.1, -0.05) is 27.7 Å². The van der Waals surface area contributed by atoms with Crippen molar-refractivity contribution in [2.45, 2.75) is 46.6 Å². The molecule has 4 nitrogen and oxygen atoms in total. The first-order chi connectivity index (χ1) is 9.40. The number of nitrogens with one attached hydrogen (secondary N) is 1.